The Kier molecular flexibility index (Phi) is 5.22. The third-order valence-corrected chi connectivity index (χ3v) is 3.02. The topological polar surface area (TPSA) is 44.4 Å². The van der Waals surface area contributed by atoms with Gasteiger partial charge < -0.3 is 10.6 Å². The Balaban J connectivity index is 2.51. The lowest BCUT2D eigenvalue weighted by atomic mass is 10.1. The van der Waals surface area contributed by atoms with Gasteiger partial charge >= 0.3 is 0 Å². The van der Waals surface area contributed by atoms with E-state index >= 15 is 0 Å². The van der Waals surface area contributed by atoms with E-state index in [1.165, 1.54) is 0 Å². The van der Waals surface area contributed by atoms with Crippen LogP contribution in [0, 0.1) is 0 Å². The summed E-state index contributed by atoms with van der Waals surface area (Å²) in [5.41, 5.74) is 0. The molecule has 1 unspecified atom stereocenters. The Labute approximate surface area is 98.8 Å². The maximum Gasteiger partial charge on any atom is 0.237 e. The van der Waals surface area contributed by atoms with Crippen LogP contribution in [0.15, 0.2) is 0 Å². The number of amides is 1. The van der Waals surface area contributed by atoms with Crippen molar-refractivity contribution in [2.75, 3.05) is 19.6 Å². The number of nitrogens with zero attached hydrogens (tertiary/aromatic N) is 1. The number of hydrogen-bond donors (Lipinski definition) is 2. The van der Waals surface area contributed by atoms with Gasteiger partial charge in [-0.15, -0.1) is 0 Å². The molecule has 0 radical (unpaired) electrons. The highest BCUT2D eigenvalue weighted by atomic mass is 16.2. The summed E-state index contributed by atoms with van der Waals surface area (Å²) in [4.78, 5) is 14.3. The van der Waals surface area contributed by atoms with E-state index in [2.05, 4.69) is 22.5 Å². The molecule has 1 fully saturated rings. The van der Waals surface area contributed by atoms with E-state index in [9.17, 15) is 4.79 Å². The molecular weight excluding hydrogens is 202 g/mol. The quantitative estimate of drug-likeness (QED) is 0.698. The van der Waals surface area contributed by atoms with E-state index in [0.29, 0.717) is 6.04 Å². The van der Waals surface area contributed by atoms with Gasteiger partial charge in [-0.1, -0.05) is 6.92 Å². The first-order valence-corrected chi connectivity index (χ1v) is 6.33. The second-order valence-corrected chi connectivity index (χ2v) is 4.89. The molecule has 1 atom stereocenters. The van der Waals surface area contributed by atoms with E-state index in [0.717, 1.165) is 26.1 Å². The molecule has 1 amide bonds. The van der Waals surface area contributed by atoms with Crippen LogP contribution in [0.5, 0.6) is 0 Å². The monoisotopic (exact) mass is 227 g/mol. The molecule has 0 aromatic carbocycles. The van der Waals surface area contributed by atoms with Gasteiger partial charge in [-0.25, -0.2) is 0 Å². The molecule has 0 saturated carbocycles. The summed E-state index contributed by atoms with van der Waals surface area (Å²) in [6.45, 7) is 11.2. The van der Waals surface area contributed by atoms with Gasteiger partial charge in [0.2, 0.25) is 5.91 Å². The van der Waals surface area contributed by atoms with Gasteiger partial charge in [-0.2, -0.15) is 0 Å². The summed E-state index contributed by atoms with van der Waals surface area (Å²) in [5, 5.41) is 6.24. The fourth-order valence-electron chi connectivity index (χ4n) is 2.01. The highest BCUT2D eigenvalue weighted by molar-refractivity contribution is 5.81. The van der Waals surface area contributed by atoms with Crippen molar-refractivity contribution in [2.24, 2.45) is 0 Å². The van der Waals surface area contributed by atoms with Crippen LogP contribution >= 0.6 is 0 Å². The Morgan fingerprint density at radius 1 is 1.44 bits per heavy atom. The summed E-state index contributed by atoms with van der Waals surface area (Å²) in [5.74, 6) is 0.148. The lowest BCUT2D eigenvalue weighted by Crippen LogP contribution is -2.62. The van der Waals surface area contributed by atoms with Gasteiger partial charge in [-0.3, -0.25) is 9.69 Å². The average Bonchev–Trinajstić information content (AvgIpc) is 2.12. The normalized spacial score (nSPS) is 18.6. The molecule has 1 aliphatic rings. The zero-order valence-corrected chi connectivity index (χ0v) is 10.9. The second-order valence-electron chi connectivity index (χ2n) is 4.89. The first-order valence-electron chi connectivity index (χ1n) is 6.33. The second kappa shape index (κ2) is 6.21. The van der Waals surface area contributed by atoms with Gasteiger partial charge in [-0.05, 0) is 33.7 Å². The van der Waals surface area contributed by atoms with Crippen LogP contribution in [-0.2, 0) is 4.79 Å². The average molecular weight is 227 g/mol. The van der Waals surface area contributed by atoms with Gasteiger partial charge in [0.15, 0.2) is 0 Å². The number of nitrogens with one attached hydrogen (secondary N) is 2. The molecule has 4 heteroatoms. The van der Waals surface area contributed by atoms with Crippen LogP contribution in [0.3, 0.4) is 0 Å². The van der Waals surface area contributed by atoms with Crippen molar-refractivity contribution in [3.8, 4) is 0 Å². The minimum Gasteiger partial charge on any atom is -0.353 e. The molecule has 0 aromatic heterocycles. The fourth-order valence-corrected chi connectivity index (χ4v) is 2.01. The summed E-state index contributed by atoms with van der Waals surface area (Å²) in [7, 11) is 0. The smallest absolute Gasteiger partial charge is 0.237 e. The van der Waals surface area contributed by atoms with Crippen molar-refractivity contribution in [3.05, 3.63) is 0 Å². The molecule has 16 heavy (non-hydrogen) atoms. The predicted molar refractivity (Wildman–Crippen MR) is 66.4 cm³/mol. The van der Waals surface area contributed by atoms with Crippen molar-refractivity contribution in [1.29, 1.82) is 0 Å². The summed E-state index contributed by atoms with van der Waals surface area (Å²) in [6, 6.07) is 0.736. The maximum atomic E-state index is 11.9. The molecule has 2 N–H and O–H groups in total. The predicted octanol–water partition coefficient (Wildman–Crippen LogP) is 0.583. The van der Waals surface area contributed by atoms with Crippen LogP contribution in [-0.4, -0.2) is 48.6 Å². The zero-order valence-electron chi connectivity index (χ0n) is 10.9. The zero-order chi connectivity index (χ0) is 12.1. The van der Waals surface area contributed by atoms with Crippen LogP contribution in [0.25, 0.3) is 0 Å². The van der Waals surface area contributed by atoms with Gasteiger partial charge in [0.05, 0.1) is 6.04 Å². The number of rotatable bonds is 6. The third-order valence-electron chi connectivity index (χ3n) is 3.02. The first-order chi connectivity index (χ1) is 7.56. The standard InChI is InChI=1S/C12H25N3O/c1-5-6-15(11-7-13-8-11)10(4)12(16)14-9(2)3/h9-11,13H,5-8H2,1-4H3,(H,14,16). The van der Waals surface area contributed by atoms with E-state index in [-0.39, 0.29) is 18.0 Å². The van der Waals surface area contributed by atoms with E-state index in [1.54, 1.807) is 0 Å². The molecule has 0 spiro atoms. The molecule has 4 nitrogen and oxygen atoms in total. The molecule has 1 rings (SSSR count). The summed E-state index contributed by atoms with van der Waals surface area (Å²) in [6.07, 6.45) is 1.09. The van der Waals surface area contributed by atoms with E-state index in [1.807, 2.05) is 20.8 Å². The molecule has 0 aliphatic carbocycles. The Morgan fingerprint density at radius 2 is 2.06 bits per heavy atom. The third kappa shape index (κ3) is 3.46. The van der Waals surface area contributed by atoms with Gasteiger partial charge in [0.1, 0.15) is 0 Å². The van der Waals surface area contributed by atoms with Crippen LogP contribution in [0.1, 0.15) is 34.1 Å². The van der Waals surface area contributed by atoms with Gasteiger partial charge in [0.25, 0.3) is 0 Å². The molecule has 0 aromatic rings. The fraction of sp³-hybridized carbons (Fsp3) is 0.917. The van der Waals surface area contributed by atoms with Crippen molar-refractivity contribution in [1.82, 2.24) is 15.5 Å². The molecule has 1 saturated heterocycles. The molecule has 1 heterocycles. The molecule has 0 bridgehead atoms. The SMILES string of the molecule is CCCN(C1CNC1)C(C)C(=O)NC(C)C. The van der Waals surface area contributed by atoms with Crippen molar-refractivity contribution in [2.45, 2.75) is 52.2 Å². The Bertz CT molecular complexity index is 226. The lowest BCUT2D eigenvalue weighted by Gasteiger charge is -2.41. The summed E-state index contributed by atoms with van der Waals surface area (Å²) < 4.78 is 0. The Morgan fingerprint density at radius 3 is 2.44 bits per heavy atom. The van der Waals surface area contributed by atoms with E-state index < -0.39 is 0 Å². The largest absolute Gasteiger partial charge is 0.353 e. The Hall–Kier alpha value is -0.610. The lowest BCUT2D eigenvalue weighted by molar-refractivity contribution is -0.127. The van der Waals surface area contributed by atoms with Crippen LogP contribution in [0.4, 0.5) is 0 Å². The first kappa shape index (κ1) is 13.5. The minimum absolute atomic E-state index is 0.0190. The highest BCUT2D eigenvalue weighted by Gasteiger charge is 2.30. The molecule has 1 aliphatic heterocycles. The van der Waals surface area contributed by atoms with Gasteiger partial charge in [0, 0.05) is 25.2 Å². The van der Waals surface area contributed by atoms with E-state index in [4.69, 9.17) is 0 Å². The minimum atomic E-state index is -0.0190. The highest BCUT2D eigenvalue weighted by Crippen LogP contribution is 2.11. The maximum absolute atomic E-state index is 11.9. The van der Waals surface area contributed by atoms with Crippen LogP contribution in [0.2, 0.25) is 0 Å². The number of carbonyl (C=O) groups is 1. The summed E-state index contributed by atoms with van der Waals surface area (Å²) >= 11 is 0. The number of hydrogen-bond acceptors (Lipinski definition) is 3. The van der Waals surface area contributed by atoms with Crippen molar-refractivity contribution >= 4 is 5.91 Å². The van der Waals surface area contributed by atoms with Crippen molar-refractivity contribution < 1.29 is 4.79 Å². The number of carbonyl (C=O) groups excluding carboxylic acids is 1. The molecule has 94 valence electrons. The van der Waals surface area contributed by atoms with Crippen LogP contribution < -0.4 is 10.6 Å². The van der Waals surface area contributed by atoms with Crippen molar-refractivity contribution in [3.63, 3.8) is 0 Å². The molecular formula is C12H25N3O.